The largest absolute Gasteiger partial charge is 0.492 e. The predicted octanol–water partition coefficient (Wildman–Crippen LogP) is 3.32. The smallest absolute Gasteiger partial charge is 0.257 e. The third-order valence-corrected chi connectivity index (χ3v) is 5.05. The Hall–Kier alpha value is -2.44. The Kier molecular flexibility index (Phi) is 4.38. The topological polar surface area (TPSA) is 60.0 Å². The Morgan fingerprint density at radius 3 is 2.77 bits per heavy atom. The minimum absolute atomic E-state index is 0.0966. The summed E-state index contributed by atoms with van der Waals surface area (Å²) in [6.07, 6.45) is 0.775. The van der Waals surface area contributed by atoms with Gasteiger partial charge in [0.25, 0.3) is 5.91 Å². The number of anilines is 1. The number of benzene rings is 2. The molecule has 2 aliphatic heterocycles. The van der Waals surface area contributed by atoms with E-state index in [0.29, 0.717) is 40.1 Å². The van der Waals surface area contributed by atoms with Crippen LogP contribution in [0.4, 0.5) is 5.69 Å². The lowest BCUT2D eigenvalue weighted by Crippen LogP contribution is -2.28. The van der Waals surface area contributed by atoms with Crippen molar-refractivity contribution in [3.63, 3.8) is 0 Å². The molecule has 0 aromatic heterocycles. The van der Waals surface area contributed by atoms with E-state index < -0.39 is 0 Å². The van der Waals surface area contributed by atoms with Crippen molar-refractivity contribution in [3.05, 3.63) is 46.0 Å². The van der Waals surface area contributed by atoms with Crippen molar-refractivity contribution >= 4 is 23.2 Å². The first-order valence-electron chi connectivity index (χ1n) is 8.36. The summed E-state index contributed by atoms with van der Waals surface area (Å²) in [6, 6.07) is 6.96. The average Bonchev–Trinajstić information content (AvgIpc) is 3.11. The number of nitrogens with one attached hydrogen (secondary N) is 1. The van der Waals surface area contributed by atoms with Gasteiger partial charge < -0.3 is 24.4 Å². The minimum atomic E-state index is -0.278. The first kappa shape index (κ1) is 17.0. The fourth-order valence-electron chi connectivity index (χ4n) is 3.46. The van der Waals surface area contributed by atoms with Crippen molar-refractivity contribution in [2.24, 2.45) is 0 Å². The van der Waals surface area contributed by atoms with Gasteiger partial charge in [-0.05, 0) is 31.2 Å². The second kappa shape index (κ2) is 6.70. The van der Waals surface area contributed by atoms with Crippen LogP contribution in [0.25, 0.3) is 0 Å². The zero-order valence-electron chi connectivity index (χ0n) is 14.6. The first-order chi connectivity index (χ1) is 12.6. The molecular formula is C19H19ClN2O4. The molecule has 1 amide bonds. The Balaban J connectivity index is 1.81. The van der Waals surface area contributed by atoms with Crippen LogP contribution in [-0.2, 0) is 13.0 Å². The molecule has 2 heterocycles. The highest BCUT2D eigenvalue weighted by Gasteiger charge is 2.33. The van der Waals surface area contributed by atoms with Gasteiger partial charge in [0.15, 0.2) is 11.5 Å². The van der Waals surface area contributed by atoms with E-state index in [4.69, 9.17) is 25.8 Å². The lowest BCUT2D eigenvalue weighted by Gasteiger charge is -2.29. The first-order valence-corrected chi connectivity index (χ1v) is 8.73. The van der Waals surface area contributed by atoms with Crippen molar-refractivity contribution < 1.29 is 19.0 Å². The van der Waals surface area contributed by atoms with Gasteiger partial charge in [-0.25, -0.2) is 0 Å². The Morgan fingerprint density at radius 1 is 1.23 bits per heavy atom. The number of halogens is 1. The van der Waals surface area contributed by atoms with Crippen LogP contribution in [0.1, 0.15) is 21.5 Å². The number of hydrogen-bond donors (Lipinski definition) is 1. The molecule has 2 aliphatic rings. The molecule has 0 fully saturated rings. The number of carbonyl (C=O) groups excluding carboxylic acids is 1. The monoisotopic (exact) mass is 374 g/mol. The molecule has 136 valence electrons. The number of methoxy groups -OCH3 is 1. The molecule has 7 heteroatoms. The highest BCUT2D eigenvalue weighted by Crippen LogP contribution is 2.52. The number of carbonyl (C=O) groups is 1. The van der Waals surface area contributed by atoms with E-state index in [0.717, 1.165) is 24.1 Å². The highest BCUT2D eigenvalue weighted by atomic mass is 35.5. The number of amides is 1. The lowest BCUT2D eigenvalue weighted by molar-refractivity contribution is 0.102. The van der Waals surface area contributed by atoms with Crippen LogP contribution < -0.4 is 19.5 Å². The van der Waals surface area contributed by atoms with Crippen LogP contribution >= 0.6 is 11.6 Å². The number of rotatable bonds is 3. The highest BCUT2D eigenvalue weighted by molar-refractivity contribution is 6.34. The molecular weight excluding hydrogens is 356 g/mol. The van der Waals surface area contributed by atoms with Crippen molar-refractivity contribution in [1.82, 2.24) is 4.90 Å². The van der Waals surface area contributed by atoms with Crippen LogP contribution in [0.2, 0.25) is 5.02 Å². The van der Waals surface area contributed by atoms with Gasteiger partial charge in [-0.1, -0.05) is 23.7 Å². The summed E-state index contributed by atoms with van der Waals surface area (Å²) >= 11 is 6.17. The standard InChI is InChI=1S/C19H19ClN2O4/c1-22-8-7-11-13(9-22)16(24-2)18-17(25-10-26-18)15(11)21-19(23)12-5-3-4-6-14(12)20/h3-6H,7-10H2,1-2H3,(H,21,23). The van der Waals surface area contributed by atoms with E-state index in [2.05, 4.69) is 17.3 Å². The van der Waals surface area contributed by atoms with Crippen LogP contribution in [0, 0.1) is 0 Å². The second-order valence-electron chi connectivity index (χ2n) is 6.35. The van der Waals surface area contributed by atoms with Gasteiger partial charge in [-0.15, -0.1) is 0 Å². The molecule has 0 unspecified atom stereocenters. The predicted molar refractivity (Wildman–Crippen MR) is 98.6 cm³/mol. The Bertz CT molecular complexity index is 884. The summed E-state index contributed by atoms with van der Waals surface area (Å²) < 4.78 is 16.9. The van der Waals surface area contributed by atoms with Crippen LogP contribution in [-0.4, -0.2) is 38.3 Å². The van der Waals surface area contributed by atoms with Gasteiger partial charge in [-0.3, -0.25) is 4.79 Å². The molecule has 1 N–H and O–H groups in total. The maximum Gasteiger partial charge on any atom is 0.257 e. The van der Waals surface area contributed by atoms with E-state index in [-0.39, 0.29) is 12.7 Å². The molecule has 0 atom stereocenters. The molecule has 4 rings (SSSR count). The van der Waals surface area contributed by atoms with Crippen molar-refractivity contribution in [2.45, 2.75) is 13.0 Å². The van der Waals surface area contributed by atoms with Crippen molar-refractivity contribution in [2.75, 3.05) is 32.8 Å². The second-order valence-corrected chi connectivity index (χ2v) is 6.76. The van der Waals surface area contributed by atoms with Crippen LogP contribution in [0.15, 0.2) is 24.3 Å². The van der Waals surface area contributed by atoms with E-state index in [1.807, 2.05) is 0 Å². The lowest BCUT2D eigenvalue weighted by atomic mass is 9.95. The maximum absolute atomic E-state index is 12.8. The molecule has 0 saturated heterocycles. The molecule has 0 aliphatic carbocycles. The molecule has 6 nitrogen and oxygen atoms in total. The van der Waals surface area contributed by atoms with Gasteiger partial charge in [0, 0.05) is 18.7 Å². The van der Waals surface area contributed by atoms with E-state index in [9.17, 15) is 4.79 Å². The van der Waals surface area contributed by atoms with Crippen LogP contribution in [0.5, 0.6) is 17.2 Å². The zero-order chi connectivity index (χ0) is 18.3. The quantitative estimate of drug-likeness (QED) is 0.893. The number of nitrogens with zero attached hydrogens (tertiary/aromatic N) is 1. The summed E-state index contributed by atoms with van der Waals surface area (Å²) in [5.74, 6) is 1.45. The third kappa shape index (κ3) is 2.75. The molecule has 0 bridgehead atoms. The fourth-order valence-corrected chi connectivity index (χ4v) is 3.69. The molecule has 26 heavy (non-hydrogen) atoms. The Morgan fingerprint density at radius 2 is 2.00 bits per heavy atom. The van der Waals surface area contributed by atoms with Gasteiger partial charge in [0.05, 0.1) is 23.4 Å². The number of likely N-dealkylation sites (N-methyl/N-ethyl adjacent to an activating group) is 1. The van der Waals surface area contributed by atoms with E-state index in [1.165, 1.54) is 0 Å². The van der Waals surface area contributed by atoms with Gasteiger partial charge in [0.1, 0.15) is 0 Å². The fraction of sp³-hybridized carbons (Fsp3) is 0.316. The number of hydrogen-bond acceptors (Lipinski definition) is 5. The summed E-state index contributed by atoms with van der Waals surface area (Å²) in [6.45, 7) is 1.69. The average molecular weight is 375 g/mol. The number of fused-ring (bicyclic) bond motifs is 2. The van der Waals surface area contributed by atoms with Gasteiger partial charge in [0.2, 0.25) is 12.5 Å². The Labute approximate surface area is 156 Å². The van der Waals surface area contributed by atoms with Crippen molar-refractivity contribution in [3.8, 4) is 17.2 Å². The van der Waals surface area contributed by atoms with Gasteiger partial charge >= 0.3 is 0 Å². The zero-order valence-corrected chi connectivity index (χ0v) is 15.4. The third-order valence-electron chi connectivity index (χ3n) is 4.72. The normalized spacial score (nSPS) is 15.5. The molecule has 0 spiro atoms. The van der Waals surface area contributed by atoms with E-state index >= 15 is 0 Å². The summed E-state index contributed by atoms with van der Waals surface area (Å²) in [5.41, 5.74) is 3.09. The molecule has 0 saturated carbocycles. The van der Waals surface area contributed by atoms with Crippen molar-refractivity contribution in [1.29, 1.82) is 0 Å². The molecule has 2 aromatic rings. The molecule has 0 radical (unpaired) electrons. The summed E-state index contributed by atoms with van der Waals surface area (Å²) in [5, 5.41) is 3.39. The van der Waals surface area contributed by atoms with E-state index in [1.54, 1.807) is 31.4 Å². The van der Waals surface area contributed by atoms with Gasteiger partial charge in [-0.2, -0.15) is 0 Å². The maximum atomic E-state index is 12.8. The molecule has 2 aromatic carbocycles. The SMILES string of the molecule is COc1c2c(c(NC(=O)c3ccccc3Cl)c3c1OCO3)CCN(C)C2. The summed E-state index contributed by atoms with van der Waals surface area (Å²) in [7, 11) is 3.67. The summed E-state index contributed by atoms with van der Waals surface area (Å²) in [4.78, 5) is 15.0. The minimum Gasteiger partial charge on any atom is -0.492 e. The van der Waals surface area contributed by atoms with Crippen LogP contribution in [0.3, 0.4) is 0 Å². The number of ether oxygens (including phenoxy) is 3.